The van der Waals surface area contributed by atoms with Crippen LogP contribution in [0.15, 0.2) is 173 Å². The fourth-order valence-corrected chi connectivity index (χ4v) is 10.3. The van der Waals surface area contributed by atoms with Gasteiger partial charge in [0.05, 0.1) is 11.1 Å². The van der Waals surface area contributed by atoms with Gasteiger partial charge < -0.3 is 13.7 Å². The van der Waals surface area contributed by atoms with Gasteiger partial charge in [-0.2, -0.15) is 0 Å². The van der Waals surface area contributed by atoms with E-state index in [-0.39, 0.29) is 5.41 Å². The Balaban J connectivity index is 1.10. The van der Waals surface area contributed by atoms with E-state index in [1.54, 1.807) is 0 Å². The number of hydrogen-bond donors (Lipinski definition) is 0. The van der Waals surface area contributed by atoms with Crippen molar-refractivity contribution in [2.45, 2.75) is 19.3 Å². The van der Waals surface area contributed by atoms with Gasteiger partial charge >= 0.3 is 0 Å². The predicted octanol–water partition coefficient (Wildman–Crippen LogP) is 15.3. The van der Waals surface area contributed by atoms with Crippen LogP contribution in [0, 0.1) is 0 Å². The van der Waals surface area contributed by atoms with Crippen LogP contribution in [0.4, 0.5) is 17.1 Å². The molecule has 0 radical (unpaired) electrons. The lowest BCUT2D eigenvalue weighted by molar-refractivity contribution is 0.660. The molecule has 0 unspecified atom stereocenters. The molecule has 0 amide bonds. The quantitative estimate of drug-likeness (QED) is 0.181. The van der Waals surface area contributed by atoms with Crippen LogP contribution < -0.4 is 4.90 Å². The maximum absolute atomic E-state index is 6.75. The number of hydrogen-bond acceptors (Lipinski definition) is 4. The Morgan fingerprint density at radius 3 is 2.07 bits per heavy atom. The molecule has 8 aromatic carbocycles. The van der Waals surface area contributed by atoms with Gasteiger partial charge in [-0.25, -0.2) is 0 Å². The molecule has 3 heterocycles. The monoisotopic (exact) mass is 723 g/mol. The first-order valence-corrected chi connectivity index (χ1v) is 19.6. The van der Waals surface area contributed by atoms with Gasteiger partial charge in [-0.15, -0.1) is 11.3 Å². The smallest absolute Gasteiger partial charge is 0.137 e. The predicted molar refractivity (Wildman–Crippen MR) is 232 cm³/mol. The van der Waals surface area contributed by atoms with Gasteiger partial charge in [-0.1, -0.05) is 111 Å². The highest BCUT2D eigenvalue weighted by Crippen LogP contribution is 2.52. The van der Waals surface area contributed by atoms with Crippen LogP contribution in [0.3, 0.4) is 0 Å². The van der Waals surface area contributed by atoms with Crippen LogP contribution in [-0.2, 0) is 5.41 Å². The molecule has 12 rings (SSSR count). The first-order chi connectivity index (χ1) is 27.0. The highest BCUT2D eigenvalue weighted by atomic mass is 32.1. The summed E-state index contributed by atoms with van der Waals surface area (Å²) in [6, 6.07) is 59.2. The van der Waals surface area contributed by atoms with Crippen LogP contribution >= 0.6 is 11.3 Å². The second-order valence-corrected chi connectivity index (χ2v) is 16.4. The first kappa shape index (κ1) is 30.8. The molecule has 11 aromatic rings. The zero-order chi connectivity index (χ0) is 36.4. The van der Waals surface area contributed by atoms with Crippen molar-refractivity contribution in [2.24, 2.45) is 0 Å². The van der Waals surface area contributed by atoms with Crippen LogP contribution in [0.1, 0.15) is 25.0 Å². The number of anilines is 3. The van der Waals surface area contributed by atoms with Gasteiger partial charge in [-0.05, 0) is 100 Å². The van der Waals surface area contributed by atoms with Crippen molar-refractivity contribution in [3.63, 3.8) is 0 Å². The van der Waals surface area contributed by atoms with Crippen molar-refractivity contribution in [3.8, 4) is 22.3 Å². The van der Waals surface area contributed by atoms with E-state index in [1.807, 2.05) is 11.3 Å². The van der Waals surface area contributed by atoms with E-state index in [0.29, 0.717) is 0 Å². The summed E-state index contributed by atoms with van der Waals surface area (Å²) in [5.41, 5.74) is 14.2. The van der Waals surface area contributed by atoms with E-state index in [1.165, 1.54) is 48.0 Å². The van der Waals surface area contributed by atoms with Crippen molar-refractivity contribution in [1.29, 1.82) is 0 Å². The molecule has 0 spiro atoms. The average Bonchev–Trinajstić information content (AvgIpc) is 3.95. The van der Waals surface area contributed by atoms with E-state index < -0.39 is 0 Å². The van der Waals surface area contributed by atoms with E-state index in [4.69, 9.17) is 8.83 Å². The molecule has 0 bridgehead atoms. The Kier molecular flexibility index (Phi) is 6.27. The largest absolute Gasteiger partial charge is 0.456 e. The van der Waals surface area contributed by atoms with E-state index in [2.05, 4.69) is 183 Å². The summed E-state index contributed by atoms with van der Waals surface area (Å²) in [4.78, 5) is 2.43. The van der Waals surface area contributed by atoms with Gasteiger partial charge in [0.2, 0.25) is 0 Å². The summed E-state index contributed by atoms with van der Waals surface area (Å²) in [6.07, 6.45) is 0. The summed E-state index contributed by atoms with van der Waals surface area (Å²) in [5, 5.41) is 6.80. The summed E-state index contributed by atoms with van der Waals surface area (Å²) in [7, 11) is 0. The van der Waals surface area contributed by atoms with Gasteiger partial charge in [0.25, 0.3) is 0 Å². The maximum Gasteiger partial charge on any atom is 0.137 e. The molecule has 0 aliphatic heterocycles. The number of furan rings is 2. The van der Waals surface area contributed by atoms with Crippen LogP contribution in [0.5, 0.6) is 0 Å². The fourth-order valence-electron chi connectivity index (χ4n) is 9.19. The standard InChI is InChI=1S/C51H33NO2S/c1-51(2)41-15-8-6-13-34(41)35-22-20-32(26-42(35)51)52(33-21-23-37-36-14-7-9-18-48(36)55-49(37)27-33)43-16-10-17-45-50(43)40-29-46-39(28-47(40)54-45)38-25-31(19-24-44(38)53-46)30-11-4-3-5-12-30/h3-29H,1-2H3. The molecular formula is C51H33NO2S. The highest BCUT2D eigenvalue weighted by molar-refractivity contribution is 7.25. The number of benzene rings is 8. The summed E-state index contributed by atoms with van der Waals surface area (Å²) in [6.45, 7) is 4.70. The molecule has 55 heavy (non-hydrogen) atoms. The Labute approximate surface area is 321 Å². The Morgan fingerprint density at radius 1 is 0.436 bits per heavy atom. The highest BCUT2D eigenvalue weighted by Gasteiger charge is 2.36. The van der Waals surface area contributed by atoms with Gasteiger partial charge in [0.1, 0.15) is 22.3 Å². The second-order valence-electron chi connectivity index (χ2n) is 15.3. The minimum Gasteiger partial charge on any atom is -0.456 e. The number of fused-ring (bicyclic) bond motifs is 12. The van der Waals surface area contributed by atoms with Crippen LogP contribution in [0.2, 0.25) is 0 Å². The Morgan fingerprint density at radius 2 is 1.15 bits per heavy atom. The molecule has 1 aliphatic carbocycles. The summed E-state index contributed by atoms with van der Waals surface area (Å²) in [5.74, 6) is 0. The van der Waals surface area contributed by atoms with Gasteiger partial charge in [0, 0.05) is 53.1 Å². The lowest BCUT2D eigenvalue weighted by atomic mass is 9.82. The zero-order valence-electron chi connectivity index (χ0n) is 30.3. The second kappa shape index (κ2) is 11.2. The molecule has 0 atom stereocenters. The van der Waals surface area contributed by atoms with Crippen molar-refractivity contribution < 1.29 is 8.83 Å². The zero-order valence-corrected chi connectivity index (χ0v) is 31.1. The minimum atomic E-state index is -0.134. The van der Waals surface area contributed by atoms with Crippen molar-refractivity contribution in [2.75, 3.05) is 4.90 Å². The van der Waals surface area contributed by atoms with Crippen molar-refractivity contribution in [3.05, 3.63) is 175 Å². The third-order valence-corrected chi connectivity index (χ3v) is 13.0. The normalized spacial score (nSPS) is 13.4. The molecule has 0 saturated carbocycles. The van der Waals surface area contributed by atoms with E-state index >= 15 is 0 Å². The third kappa shape index (κ3) is 4.43. The maximum atomic E-state index is 6.75. The number of nitrogens with zero attached hydrogens (tertiary/aromatic N) is 1. The van der Waals surface area contributed by atoms with Gasteiger partial charge in [-0.3, -0.25) is 0 Å². The molecule has 3 nitrogen and oxygen atoms in total. The molecule has 0 saturated heterocycles. The van der Waals surface area contributed by atoms with Crippen molar-refractivity contribution >= 4 is 92.4 Å². The Bertz CT molecular complexity index is 3360. The average molecular weight is 724 g/mol. The van der Waals surface area contributed by atoms with Crippen molar-refractivity contribution in [1.82, 2.24) is 0 Å². The summed E-state index contributed by atoms with van der Waals surface area (Å²) < 4.78 is 15.9. The Hall–Kier alpha value is -6.62. The molecule has 0 N–H and O–H groups in total. The molecule has 3 aromatic heterocycles. The molecule has 0 fully saturated rings. The molecule has 260 valence electrons. The van der Waals surface area contributed by atoms with Gasteiger partial charge in [0.15, 0.2) is 0 Å². The molecular weight excluding hydrogens is 691 g/mol. The van der Waals surface area contributed by atoms with E-state index in [9.17, 15) is 0 Å². The lowest BCUT2D eigenvalue weighted by Gasteiger charge is -2.28. The number of rotatable bonds is 4. The fraction of sp³-hybridized carbons (Fsp3) is 0.0588. The first-order valence-electron chi connectivity index (χ1n) is 18.8. The summed E-state index contributed by atoms with van der Waals surface area (Å²) >= 11 is 1.85. The molecule has 1 aliphatic rings. The topological polar surface area (TPSA) is 29.5 Å². The lowest BCUT2D eigenvalue weighted by Crippen LogP contribution is -2.16. The van der Waals surface area contributed by atoms with Crippen LogP contribution in [0.25, 0.3) is 86.3 Å². The minimum absolute atomic E-state index is 0.134. The molecule has 4 heteroatoms. The van der Waals surface area contributed by atoms with E-state index in [0.717, 1.165) is 66.5 Å². The van der Waals surface area contributed by atoms with Crippen LogP contribution in [-0.4, -0.2) is 0 Å². The third-order valence-electron chi connectivity index (χ3n) is 11.9. The SMILES string of the molecule is CC1(C)c2ccccc2-c2ccc(N(c3ccc4c(c3)sc3ccccc34)c3cccc4oc5cc6c(cc5c34)oc3ccc(-c4ccccc4)cc36)cc21. The number of thiophene rings is 1.